The molecule has 1 heterocycles. The van der Waals surface area contributed by atoms with Crippen molar-refractivity contribution >= 4 is 16.8 Å². The summed E-state index contributed by atoms with van der Waals surface area (Å²) in [5.74, 6) is 0.0865. The lowest BCUT2D eigenvalue weighted by Gasteiger charge is -2.07. The van der Waals surface area contributed by atoms with Gasteiger partial charge in [0.25, 0.3) is 0 Å². The monoisotopic (exact) mass is 240 g/mol. The molecule has 0 unspecified atom stereocenters. The van der Waals surface area contributed by atoms with E-state index >= 15 is 0 Å². The minimum Gasteiger partial charge on any atom is -0.353 e. The molecular formula is C15H16N2O. The van der Waals surface area contributed by atoms with E-state index in [1.54, 1.807) is 0 Å². The molecule has 92 valence electrons. The lowest BCUT2D eigenvalue weighted by atomic mass is 10.1. The number of para-hydroxylation sites is 1. The van der Waals surface area contributed by atoms with Crippen molar-refractivity contribution in [3.8, 4) is 0 Å². The van der Waals surface area contributed by atoms with Crippen molar-refractivity contribution in [1.29, 1.82) is 0 Å². The second kappa shape index (κ2) is 4.41. The highest BCUT2D eigenvalue weighted by molar-refractivity contribution is 5.82. The van der Waals surface area contributed by atoms with Crippen LogP contribution in [0.25, 0.3) is 10.9 Å². The van der Waals surface area contributed by atoms with Gasteiger partial charge in [0.05, 0.1) is 17.6 Å². The van der Waals surface area contributed by atoms with Gasteiger partial charge in [0, 0.05) is 11.4 Å². The molecule has 1 amide bonds. The van der Waals surface area contributed by atoms with E-state index in [0.29, 0.717) is 12.5 Å². The summed E-state index contributed by atoms with van der Waals surface area (Å²) in [4.78, 5) is 16.4. The largest absolute Gasteiger partial charge is 0.353 e. The van der Waals surface area contributed by atoms with Gasteiger partial charge in [-0.05, 0) is 37.5 Å². The minimum atomic E-state index is 0.0865. The Morgan fingerprint density at radius 2 is 2.17 bits per heavy atom. The van der Waals surface area contributed by atoms with Gasteiger partial charge < -0.3 is 5.32 Å². The number of fused-ring (bicyclic) bond motifs is 1. The molecule has 0 radical (unpaired) electrons. The summed E-state index contributed by atoms with van der Waals surface area (Å²) in [5, 5.41) is 4.12. The summed E-state index contributed by atoms with van der Waals surface area (Å²) in [6.45, 7) is 2.01. The van der Waals surface area contributed by atoms with Crippen molar-refractivity contribution in [1.82, 2.24) is 10.3 Å². The number of benzene rings is 1. The maximum atomic E-state index is 11.8. The standard InChI is InChI=1S/C15H16N2O/c1-10-8-11-4-2-3-5-13(11)17-14(10)9-15(18)16-12-6-7-12/h2-5,8,12H,6-7,9H2,1H3,(H,16,18). The second-order valence-electron chi connectivity index (χ2n) is 4.96. The molecule has 0 saturated heterocycles. The predicted molar refractivity (Wildman–Crippen MR) is 71.3 cm³/mol. The molecule has 0 bridgehead atoms. The van der Waals surface area contributed by atoms with Crippen LogP contribution in [-0.2, 0) is 11.2 Å². The van der Waals surface area contributed by atoms with Crippen LogP contribution in [0.4, 0.5) is 0 Å². The lowest BCUT2D eigenvalue weighted by Crippen LogP contribution is -2.27. The first-order valence-corrected chi connectivity index (χ1v) is 6.37. The molecular weight excluding hydrogens is 224 g/mol. The number of pyridine rings is 1. The van der Waals surface area contributed by atoms with E-state index in [9.17, 15) is 4.79 Å². The van der Waals surface area contributed by atoms with E-state index in [1.807, 2.05) is 31.2 Å². The highest BCUT2D eigenvalue weighted by Gasteiger charge is 2.23. The van der Waals surface area contributed by atoms with Gasteiger partial charge in [-0.1, -0.05) is 18.2 Å². The molecule has 1 aromatic carbocycles. The molecule has 0 spiro atoms. The van der Waals surface area contributed by atoms with Crippen LogP contribution in [0, 0.1) is 6.92 Å². The van der Waals surface area contributed by atoms with Crippen molar-refractivity contribution in [3.05, 3.63) is 41.6 Å². The van der Waals surface area contributed by atoms with E-state index in [-0.39, 0.29) is 5.91 Å². The average Bonchev–Trinajstić information content (AvgIpc) is 3.14. The molecule has 0 aliphatic heterocycles. The third kappa shape index (κ3) is 2.35. The van der Waals surface area contributed by atoms with Crippen molar-refractivity contribution < 1.29 is 4.79 Å². The maximum absolute atomic E-state index is 11.8. The summed E-state index contributed by atoms with van der Waals surface area (Å²) in [7, 11) is 0. The number of hydrogen-bond donors (Lipinski definition) is 1. The van der Waals surface area contributed by atoms with Gasteiger partial charge in [-0.15, -0.1) is 0 Å². The Labute approximate surface area is 106 Å². The fourth-order valence-corrected chi connectivity index (χ4v) is 2.10. The average molecular weight is 240 g/mol. The Balaban J connectivity index is 1.85. The van der Waals surface area contributed by atoms with Gasteiger partial charge >= 0.3 is 0 Å². The van der Waals surface area contributed by atoms with Crippen molar-refractivity contribution in [2.45, 2.75) is 32.2 Å². The molecule has 1 aromatic heterocycles. The normalized spacial score (nSPS) is 14.7. The van der Waals surface area contributed by atoms with Gasteiger partial charge in [-0.25, -0.2) is 0 Å². The number of aromatic nitrogens is 1. The fraction of sp³-hybridized carbons (Fsp3) is 0.333. The Hall–Kier alpha value is -1.90. The highest BCUT2D eigenvalue weighted by atomic mass is 16.1. The number of rotatable bonds is 3. The van der Waals surface area contributed by atoms with Crippen LogP contribution < -0.4 is 5.32 Å². The minimum absolute atomic E-state index is 0.0865. The SMILES string of the molecule is Cc1cc2ccccc2nc1CC(=O)NC1CC1. The summed E-state index contributed by atoms with van der Waals surface area (Å²) in [5.41, 5.74) is 2.92. The molecule has 1 N–H and O–H groups in total. The maximum Gasteiger partial charge on any atom is 0.226 e. The molecule has 1 fully saturated rings. The second-order valence-corrected chi connectivity index (χ2v) is 4.96. The van der Waals surface area contributed by atoms with Crippen LogP contribution in [-0.4, -0.2) is 16.9 Å². The molecule has 0 atom stereocenters. The van der Waals surface area contributed by atoms with Gasteiger partial charge in [-0.2, -0.15) is 0 Å². The zero-order chi connectivity index (χ0) is 12.5. The molecule has 1 aliphatic rings. The van der Waals surface area contributed by atoms with Crippen LogP contribution in [0.2, 0.25) is 0 Å². The Bertz CT molecular complexity index is 602. The molecule has 3 nitrogen and oxygen atoms in total. The van der Waals surface area contributed by atoms with Crippen molar-refractivity contribution in [2.24, 2.45) is 0 Å². The van der Waals surface area contributed by atoms with Crippen molar-refractivity contribution in [2.75, 3.05) is 0 Å². The van der Waals surface area contributed by atoms with Crippen LogP contribution in [0.5, 0.6) is 0 Å². The summed E-state index contributed by atoms with van der Waals surface area (Å²) < 4.78 is 0. The van der Waals surface area contributed by atoms with Crippen molar-refractivity contribution in [3.63, 3.8) is 0 Å². The third-order valence-corrected chi connectivity index (χ3v) is 3.29. The first kappa shape index (κ1) is 11.2. The zero-order valence-electron chi connectivity index (χ0n) is 10.4. The molecule has 1 aliphatic carbocycles. The number of aryl methyl sites for hydroxylation is 1. The third-order valence-electron chi connectivity index (χ3n) is 3.29. The van der Waals surface area contributed by atoms with Gasteiger partial charge in [0.15, 0.2) is 0 Å². The number of carbonyl (C=O) groups is 1. The number of nitrogens with one attached hydrogen (secondary N) is 1. The van der Waals surface area contributed by atoms with Crippen LogP contribution >= 0.6 is 0 Å². The first-order chi connectivity index (χ1) is 8.72. The van der Waals surface area contributed by atoms with Crippen LogP contribution in [0.15, 0.2) is 30.3 Å². The number of hydrogen-bond acceptors (Lipinski definition) is 2. The Kier molecular flexibility index (Phi) is 2.74. The predicted octanol–water partition coefficient (Wildman–Crippen LogP) is 2.36. The molecule has 18 heavy (non-hydrogen) atoms. The number of carbonyl (C=O) groups excluding carboxylic acids is 1. The van der Waals surface area contributed by atoms with Gasteiger partial charge in [-0.3, -0.25) is 9.78 Å². The molecule has 3 heteroatoms. The quantitative estimate of drug-likeness (QED) is 0.895. The lowest BCUT2D eigenvalue weighted by molar-refractivity contribution is -0.120. The van der Waals surface area contributed by atoms with E-state index in [4.69, 9.17) is 0 Å². The molecule has 1 saturated carbocycles. The van der Waals surface area contributed by atoms with Crippen LogP contribution in [0.1, 0.15) is 24.1 Å². The van der Waals surface area contributed by atoms with Crippen LogP contribution in [0.3, 0.4) is 0 Å². The Morgan fingerprint density at radius 1 is 1.39 bits per heavy atom. The fourth-order valence-electron chi connectivity index (χ4n) is 2.10. The zero-order valence-corrected chi connectivity index (χ0v) is 10.4. The highest BCUT2D eigenvalue weighted by Crippen LogP contribution is 2.20. The molecule has 2 aromatic rings. The Morgan fingerprint density at radius 3 is 2.94 bits per heavy atom. The summed E-state index contributed by atoms with van der Waals surface area (Å²) in [6.07, 6.45) is 2.62. The van der Waals surface area contributed by atoms with E-state index in [0.717, 1.165) is 35.0 Å². The van der Waals surface area contributed by atoms with E-state index < -0.39 is 0 Å². The summed E-state index contributed by atoms with van der Waals surface area (Å²) >= 11 is 0. The van der Waals surface area contributed by atoms with E-state index in [1.165, 1.54) is 0 Å². The smallest absolute Gasteiger partial charge is 0.226 e. The molecule has 3 rings (SSSR count). The number of nitrogens with zero attached hydrogens (tertiary/aromatic N) is 1. The summed E-state index contributed by atoms with van der Waals surface area (Å²) in [6, 6.07) is 10.5. The number of amides is 1. The first-order valence-electron chi connectivity index (χ1n) is 6.37. The topological polar surface area (TPSA) is 42.0 Å². The van der Waals surface area contributed by atoms with Gasteiger partial charge in [0.1, 0.15) is 0 Å². The van der Waals surface area contributed by atoms with Gasteiger partial charge in [0.2, 0.25) is 5.91 Å². The van der Waals surface area contributed by atoms with E-state index in [2.05, 4.69) is 16.4 Å².